The Labute approximate surface area is 182 Å². The first-order chi connectivity index (χ1) is 14.7. The summed E-state index contributed by atoms with van der Waals surface area (Å²) in [5.41, 5.74) is 1.51. The summed E-state index contributed by atoms with van der Waals surface area (Å²) in [6.45, 7) is 6.97. The molecule has 0 aliphatic heterocycles. The van der Waals surface area contributed by atoms with Crippen LogP contribution in [0.25, 0.3) is 0 Å². The summed E-state index contributed by atoms with van der Waals surface area (Å²) in [6, 6.07) is 12.2. The van der Waals surface area contributed by atoms with Gasteiger partial charge in [0.2, 0.25) is 0 Å². The SMILES string of the molecule is CC(C)OC(=O)[C@H](C)NC(=O)c1cc[n+](COC(=O)N[C@@H](C)Cc2ccccc2)cc1. The molecule has 1 aromatic heterocycles. The number of nitrogens with zero attached hydrogens (tertiary/aromatic N) is 1. The average molecular weight is 429 g/mol. The summed E-state index contributed by atoms with van der Waals surface area (Å²) >= 11 is 0. The third kappa shape index (κ3) is 8.46. The summed E-state index contributed by atoms with van der Waals surface area (Å²) in [4.78, 5) is 36.1. The number of carbonyl (C=O) groups is 3. The number of pyridine rings is 1. The molecule has 1 aromatic carbocycles. The second-order valence-electron chi connectivity index (χ2n) is 7.58. The summed E-state index contributed by atoms with van der Waals surface area (Å²) in [5.74, 6) is -0.885. The van der Waals surface area contributed by atoms with Crippen LogP contribution in [-0.2, 0) is 27.4 Å². The maximum atomic E-state index is 12.3. The maximum absolute atomic E-state index is 12.3. The normalized spacial score (nSPS) is 12.5. The Morgan fingerprint density at radius 2 is 1.58 bits per heavy atom. The van der Waals surface area contributed by atoms with Gasteiger partial charge < -0.3 is 20.1 Å². The van der Waals surface area contributed by atoms with Gasteiger partial charge in [-0.3, -0.25) is 4.79 Å². The van der Waals surface area contributed by atoms with E-state index in [4.69, 9.17) is 9.47 Å². The van der Waals surface area contributed by atoms with E-state index in [1.54, 1.807) is 49.9 Å². The van der Waals surface area contributed by atoms with Crippen LogP contribution < -0.4 is 15.2 Å². The van der Waals surface area contributed by atoms with Gasteiger partial charge in [0.25, 0.3) is 12.6 Å². The second kappa shape index (κ2) is 11.7. The summed E-state index contributed by atoms with van der Waals surface area (Å²) in [5, 5.41) is 5.39. The monoisotopic (exact) mass is 428 g/mol. The van der Waals surface area contributed by atoms with Crippen LogP contribution in [0.15, 0.2) is 54.9 Å². The molecule has 2 atom stereocenters. The Hall–Kier alpha value is -3.42. The van der Waals surface area contributed by atoms with Gasteiger partial charge >= 0.3 is 12.1 Å². The molecule has 0 bridgehead atoms. The minimum Gasteiger partial charge on any atom is -0.461 e. The van der Waals surface area contributed by atoms with Gasteiger partial charge in [-0.25, -0.2) is 9.59 Å². The topological polar surface area (TPSA) is 97.6 Å². The van der Waals surface area contributed by atoms with Gasteiger partial charge in [0.1, 0.15) is 6.04 Å². The number of nitrogens with one attached hydrogen (secondary N) is 2. The first kappa shape index (κ1) is 23.9. The van der Waals surface area contributed by atoms with Crippen LogP contribution >= 0.6 is 0 Å². The third-order valence-electron chi connectivity index (χ3n) is 4.30. The van der Waals surface area contributed by atoms with E-state index in [1.807, 2.05) is 37.3 Å². The Morgan fingerprint density at radius 3 is 2.19 bits per heavy atom. The predicted molar refractivity (Wildman–Crippen MR) is 114 cm³/mol. The predicted octanol–water partition coefficient (Wildman–Crippen LogP) is 2.36. The lowest BCUT2D eigenvalue weighted by Crippen LogP contribution is -2.42. The number of rotatable bonds is 9. The molecule has 31 heavy (non-hydrogen) atoms. The van der Waals surface area contributed by atoms with E-state index in [0.717, 1.165) is 5.56 Å². The van der Waals surface area contributed by atoms with Crippen LogP contribution in [0.3, 0.4) is 0 Å². The minimum absolute atomic E-state index is 0.00288. The fraction of sp³-hybridized carbons (Fsp3) is 0.391. The van der Waals surface area contributed by atoms with Crippen molar-refractivity contribution in [3.8, 4) is 0 Å². The first-order valence-corrected chi connectivity index (χ1v) is 10.2. The molecule has 8 nitrogen and oxygen atoms in total. The smallest absolute Gasteiger partial charge is 0.412 e. The molecule has 0 saturated carbocycles. The molecule has 2 aromatic rings. The van der Waals surface area contributed by atoms with Crippen molar-refractivity contribution in [1.29, 1.82) is 0 Å². The highest BCUT2D eigenvalue weighted by atomic mass is 16.6. The van der Waals surface area contributed by atoms with Crippen molar-refractivity contribution in [1.82, 2.24) is 10.6 Å². The molecule has 2 N–H and O–H groups in total. The molecule has 8 heteroatoms. The molecule has 1 heterocycles. The fourth-order valence-corrected chi connectivity index (χ4v) is 2.76. The number of hydrogen-bond donors (Lipinski definition) is 2. The van der Waals surface area contributed by atoms with Crippen LogP contribution in [0.5, 0.6) is 0 Å². The summed E-state index contributed by atoms with van der Waals surface area (Å²) < 4.78 is 11.9. The van der Waals surface area contributed by atoms with E-state index in [9.17, 15) is 14.4 Å². The number of hydrogen-bond acceptors (Lipinski definition) is 5. The quantitative estimate of drug-likeness (QED) is 0.472. The molecular weight excluding hydrogens is 398 g/mol. The van der Waals surface area contributed by atoms with E-state index in [2.05, 4.69) is 10.6 Å². The second-order valence-corrected chi connectivity index (χ2v) is 7.58. The molecular formula is C23H30N3O5+. The highest BCUT2D eigenvalue weighted by molar-refractivity contribution is 5.96. The molecule has 0 aliphatic rings. The Bertz CT molecular complexity index is 869. The average Bonchev–Trinajstić information content (AvgIpc) is 2.72. The number of esters is 1. The van der Waals surface area contributed by atoms with Gasteiger partial charge in [0.05, 0.1) is 11.7 Å². The van der Waals surface area contributed by atoms with Crippen LogP contribution in [0.2, 0.25) is 0 Å². The van der Waals surface area contributed by atoms with Crippen molar-refractivity contribution >= 4 is 18.0 Å². The van der Waals surface area contributed by atoms with Crippen LogP contribution in [0, 0.1) is 0 Å². The zero-order valence-corrected chi connectivity index (χ0v) is 18.3. The van der Waals surface area contributed by atoms with Crippen LogP contribution in [0.1, 0.15) is 43.6 Å². The zero-order valence-electron chi connectivity index (χ0n) is 18.3. The van der Waals surface area contributed by atoms with E-state index in [-0.39, 0.29) is 18.9 Å². The van der Waals surface area contributed by atoms with E-state index in [0.29, 0.717) is 12.0 Å². The zero-order chi connectivity index (χ0) is 22.8. The molecule has 2 rings (SSSR count). The van der Waals surface area contributed by atoms with Gasteiger partial charge in [-0.1, -0.05) is 30.3 Å². The third-order valence-corrected chi connectivity index (χ3v) is 4.30. The standard InChI is InChI=1S/C23H29N3O5/c1-16(2)31-22(28)18(4)25-21(27)20-10-12-26(13-11-20)15-30-23(29)24-17(3)14-19-8-6-5-7-9-19/h5-13,16-18H,14-15H2,1-4H3,(H-,24,25,27,29)/p+1/t17-,18-/m0/s1. The Kier molecular flexibility index (Phi) is 8.99. The van der Waals surface area contributed by atoms with Crippen LogP contribution in [-0.4, -0.2) is 36.2 Å². The van der Waals surface area contributed by atoms with Gasteiger partial charge in [0.15, 0.2) is 12.4 Å². The van der Waals surface area contributed by atoms with Crippen molar-refractivity contribution in [2.24, 2.45) is 0 Å². The van der Waals surface area contributed by atoms with Crippen molar-refractivity contribution < 1.29 is 28.4 Å². The number of alkyl carbamates (subject to hydrolysis) is 1. The molecule has 2 amide bonds. The largest absolute Gasteiger partial charge is 0.461 e. The number of carbonyl (C=O) groups excluding carboxylic acids is 3. The molecule has 0 aliphatic carbocycles. The van der Waals surface area contributed by atoms with Crippen molar-refractivity contribution in [3.63, 3.8) is 0 Å². The maximum Gasteiger partial charge on any atom is 0.412 e. The number of ether oxygens (including phenoxy) is 2. The summed E-state index contributed by atoms with van der Waals surface area (Å²) in [6.07, 6.45) is 3.17. The molecule has 166 valence electrons. The molecule has 0 spiro atoms. The molecule has 0 unspecified atom stereocenters. The van der Waals surface area contributed by atoms with Crippen molar-refractivity contribution in [2.75, 3.05) is 0 Å². The van der Waals surface area contributed by atoms with Crippen molar-refractivity contribution in [2.45, 2.75) is 59.0 Å². The number of amides is 2. The Morgan fingerprint density at radius 1 is 0.935 bits per heavy atom. The first-order valence-electron chi connectivity index (χ1n) is 10.2. The fourth-order valence-electron chi connectivity index (χ4n) is 2.76. The van der Waals surface area contributed by atoms with Gasteiger partial charge in [0, 0.05) is 18.2 Å². The lowest BCUT2D eigenvalue weighted by Gasteiger charge is -2.15. The molecule has 0 fully saturated rings. The van der Waals surface area contributed by atoms with E-state index < -0.39 is 24.0 Å². The highest BCUT2D eigenvalue weighted by Crippen LogP contribution is 2.03. The molecule has 0 radical (unpaired) electrons. The summed E-state index contributed by atoms with van der Waals surface area (Å²) in [7, 11) is 0. The van der Waals surface area contributed by atoms with Gasteiger partial charge in [-0.2, -0.15) is 4.57 Å². The van der Waals surface area contributed by atoms with E-state index >= 15 is 0 Å². The van der Waals surface area contributed by atoms with Crippen LogP contribution in [0.4, 0.5) is 4.79 Å². The van der Waals surface area contributed by atoms with Gasteiger partial charge in [-0.15, -0.1) is 0 Å². The van der Waals surface area contributed by atoms with Gasteiger partial charge in [-0.05, 0) is 39.7 Å². The minimum atomic E-state index is -0.757. The lowest BCUT2D eigenvalue weighted by molar-refractivity contribution is -0.727. The Balaban J connectivity index is 1.78. The molecule has 0 saturated heterocycles. The lowest BCUT2D eigenvalue weighted by atomic mass is 10.1. The number of benzene rings is 1. The highest BCUT2D eigenvalue weighted by Gasteiger charge is 2.19. The number of aromatic nitrogens is 1. The van der Waals surface area contributed by atoms with E-state index in [1.165, 1.54) is 0 Å². The van der Waals surface area contributed by atoms with Crippen molar-refractivity contribution in [3.05, 3.63) is 66.0 Å².